The standard InChI is InChI=1S/C18H19NO4/c20-17(21)14-11-15(18(22)23)16(19-12-14)10-6-2-5-9-13-7-3-1-4-8-13/h1,3-4,7-8,11-12H,2,5-6,9-10H2,(H,20,21)(H,22,23). The molecular formula is C18H19NO4. The van der Waals surface area contributed by atoms with E-state index in [0.29, 0.717) is 12.1 Å². The fourth-order valence-electron chi connectivity index (χ4n) is 2.44. The van der Waals surface area contributed by atoms with Crippen molar-refractivity contribution in [1.82, 2.24) is 4.98 Å². The molecule has 5 nitrogen and oxygen atoms in total. The average molecular weight is 313 g/mol. The summed E-state index contributed by atoms with van der Waals surface area (Å²) in [6.07, 6.45) is 5.57. The number of pyridine rings is 1. The van der Waals surface area contributed by atoms with E-state index in [1.165, 1.54) is 17.8 Å². The predicted octanol–water partition coefficient (Wildman–Crippen LogP) is 3.43. The van der Waals surface area contributed by atoms with Crippen molar-refractivity contribution in [2.24, 2.45) is 0 Å². The molecule has 2 rings (SSSR count). The number of aryl methyl sites for hydroxylation is 2. The summed E-state index contributed by atoms with van der Waals surface area (Å²) in [6.45, 7) is 0. The van der Waals surface area contributed by atoms with Gasteiger partial charge in [0.2, 0.25) is 0 Å². The quantitative estimate of drug-likeness (QED) is 0.729. The van der Waals surface area contributed by atoms with E-state index in [9.17, 15) is 14.7 Å². The van der Waals surface area contributed by atoms with Gasteiger partial charge in [0, 0.05) is 6.20 Å². The van der Waals surface area contributed by atoms with Gasteiger partial charge in [0.25, 0.3) is 0 Å². The van der Waals surface area contributed by atoms with Crippen LogP contribution < -0.4 is 0 Å². The van der Waals surface area contributed by atoms with Crippen molar-refractivity contribution in [3.05, 3.63) is 65.0 Å². The highest BCUT2D eigenvalue weighted by atomic mass is 16.4. The average Bonchev–Trinajstić information content (AvgIpc) is 2.55. The van der Waals surface area contributed by atoms with Crippen LogP contribution in [0.5, 0.6) is 0 Å². The van der Waals surface area contributed by atoms with Crippen LogP contribution in [0.2, 0.25) is 0 Å². The number of hydrogen-bond acceptors (Lipinski definition) is 3. The Hall–Kier alpha value is -2.69. The number of rotatable bonds is 8. The summed E-state index contributed by atoms with van der Waals surface area (Å²) in [6, 6.07) is 11.4. The zero-order valence-corrected chi connectivity index (χ0v) is 12.7. The van der Waals surface area contributed by atoms with Gasteiger partial charge in [0.05, 0.1) is 16.8 Å². The Kier molecular flexibility index (Phi) is 5.86. The van der Waals surface area contributed by atoms with E-state index in [-0.39, 0.29) is 11.1 Å². The van der Waals surface area contributed by atoms with Crippen LogP contribution in [0.15, 0.2) is 42.6 Å². The first-order valence-corrected chi connectivity index (χ1v) is 7.57. The van der Waals surface area contributed by atoms with Gasteiger partial charge in [-0.3, -0.25) is 4.98 Å². The van der Waals surface area contributed by atoms with Gasteiger partial charge >= 0.3 is 11.9 Å². The van der Waals surface area contributed by atoms with Gasteiger partial charge in [-0.25, -0.2) is 9.59 Å². The molecular weight excluding hydrogens is 294 g/mol. The summed E-state index contributed by atoms with van der Waals surface area (Å²) in [5.74, 6) is -2.31. The number of aromatic nitrogens is 1. The number of unbranched alkanes of at least 4 members (excludes halogenated alkanes) is 2. The summed E-state index contributed by atoms with van der Waals surface area (Å²) in [5.41, 5.74) is 1.62. The monoisotopic (exact) mass is 313 g/mol. The van der Waals surface area contributed by atoms with E-state index in [2.05, 4.69) is 17.1 Å². The molecule has 0 radical (unpaired) electrons. The summed E-state index contributed by atoms with van der Waals surface area (Å²) >= 11 is 0. The van der Waals surface area contributed by atoms with E-state index < -0.39 is 11.9 Å². The van der Waals surface area contributed by atoms with Crippen LogP contribution in [0.1, 0.15) is 51.2 Å². The third kappa shape index (κ3) is 4.92. The maximum absolute atomic E-state index is 11.2. The number of hydrogen-bond donors (Lipinski definition) is 2. The third-order valence-electron chi connectivity index (χ3n) is 3.67. The molecule has 2 aromatic rings. The number of carbonyl (C=O) groups is 2. The molecule has 0 bridgehead atoms. The Balaban J connectivity index is 1.87. The minimum absolute atomic E-state index is 0.0204. The van der Waals surface area contributed by atoms with Gasteiger partial charge in [-0.1, -0.05) is 36.8 Å². The molecule has 2 N–H and O–H groups in total. The van der Waals surface area contributed by atoms with Crippen molar-refractivity contribution < 1.29 is 19.8 Å². The Labute approximate surface area is 134 Å². The first-order chi connectivity index (χ1) is 11.1. The largest absolute Gasteiger partial charge is 0.478 e. The highest BCUT2D eigenvalue weighted by molar-refractivity contribution is 5.94. The normalized spacial score (nSPS) is 10.4. The van der Waals surface area contributed by atoms with Crippen LogP contribution in [-0.4, -0.2) is 27.1 Å². The minimum atomic E-state index is -1.17. The summed E-state index contributed by atoms with van der Waals surface area (Å²) < 4.78 is 0. The predicted molar refractivity (Wildman–Crippen MR) is 85.9 cm³/mol. The Morgan fingerprint density at radius 1 is 0.913 bits per heavy atom. The number of benzene rings is 1. The van der Waals surface area contributed by atoms with Crippen molar-refractivity contribution >= 4 is 11.9 Å². The lowest BCUT2D eigenvalue weighted by molar-refractivity contribution is 0.0695. The van der Waals surface area contributed by atoms with Crippen molar-refractivity contribution in [3.8, 4) is 0 Å². The lowest BCUT2D eigenvalue weighted by Crippen LogP contribution is -2.09. The molecule has 0 saturated carbocycles. The second-order valence-corrected chi connectivity index (χ2v) is 5.37. The molecule has 120 valence electrons. The van der Waals surface area contributed by atoms with Gasteiger partial charge < -0.3 is 10.2 Å². The minimum Gasteiger partial charge on any atom is -0.478 e. The molecule has 5 heteroatoms. The van der Waals surface area contributed by atoms with Crippen LogP contribution in [0.4, 0.5) is 0 Å². The molecule has 0 aliphatic rings. The topological polar surface area (TPSA) is 87.5 Å². The van der Waals surface area contributed by atoms with E-state index in [4.69, 9.17) is 5.11 Å². The summed E-state index contributed by atoms with van der Waals surface area (Å²) in [5, 5.41) is 18.1. The van der Waals surface area contributed by atoms with Gasteiger partial charge in [-0.05, 0) is 37.3 Å². The van der Waals surface area contributed by atoms with E-state index in [1.54, 1.807) is 0 Å². The number of carboxylic acids is 2. The van der Waals surface area contributed by atoms with Crippen molar-refractivity contribution in [3.63, 3.8) is 0 Å². The lowest BCUT2D eigenvalue weighted by Gasteiger charge is -2.06. The molecule has 1 heterocycles. The maximum atomic E-state index is 11.2. The van der Waals surface area contributed by atoms with Crippen LogP contribution in [-0.2, 0) is 12.8 Å². The molecule has 1 aromatic heterocycles. The molecule has 0 aliphatic carbocycles. The molecule has 0 amide bonds. The Bertz CT molecular complexity index is 683. The maximum Gasteiger partial charge on any atom is 0.337 e. The molecule has 23 heavy (non-hydrogen) atoms. The van der Waals surface area contributed by atoms with E-state index in [0.717, 1.165) is 25.7 Å². The zero-order valence-electron chi connectivity index (χ0n) is 12.7. The van der Waals surface area contributed by atoms with Crippen molar-refractivity contribution in [2.45, 2.75) is 32.1 Å². The molecule has 0 atom stereocenters. The smallest absolute Gasteiger partial charge is 0.337 e. The van der Waals surface area contributed by atoms with Gasteiger partial charge in [0.15, 0.2) is 0 Å². The molecule has 0 saturated heterocycles. The lowest BCUT2D eigenvalue weighted by atomic mass is 10.0. The SMILES string of the molecule is O=C(O)c1cnc(CCCCCc2ccccc2)c(C(=O)O)c1. The van der Waals surface area contributed by atoms with E-state index in [1.807, 2.05) is 18.2 Å². The fourth-order valence-corrected chi connectivity index (χ4v) is 2.44. The van der Waals surface area contributed by atoms with Crippen molar-refractivity contribution in [1.29, 1.82) is 0 Å². The second-order valence-electron chi connectivity index (χ2n) is 5.37. The van der Waals surface area contributed by atoms with Crippen LogP contribution in [0.25, 0.3) is 0 Å². The summed E-state index contributed by atoms with van der Waals surface area (Å²) in [4.78, 5) is 26.1. The first-order valence-electron chi connectivity index (χ1n) is 7.57. The van der Waals surface area contributed by atoms with Gasteiger partial charge in [-0.2, -0.15) is 0 Å². The van der Waals surface area contributed by atoms with Gasteiger partial charge in [0.1, 0.15) is 0 Å². The molecule has 0 spiro atoms. The van der Waals surface area contributed by atoms with Crippen LogP contribution in [0.3, 0.4) is 0 Å². The third-order valence-corrected chi connectivity index (χ3v) is 3.67. The highest BCUT2D eigenvalue weighted by Gasteiger charge is 2.15. The summed E-state index contributed by atoms with van der Waals surface area (Å²) in [7, 11) is 0. The number of carboxylic acid groups (broad SMARTS) is 2. The van der Waals surface area contributed by atoms with Crippen molar-refractivity contribution in [2.75, 3.05) is 0 Å². The fraction of sp³-hybridized carbons (Fsp3) is 0.278. The van der Waals surface area contributed by atoms with Crippen LogP contribution in [0, 0.1) is 0 Å². The first kappa shape index (κ1) is 16.7. The Morgan fingerprint density at radius 3 is 2.26 bits per heavy atom. The van der Waals surface area contributed by atoms with Crippen LogP contribution >= 0.6 is 0 Å². The Morgan fingerprint density at radius 2 is 1.61 bits per heavy atom. The zero-order chi connectivity index (χ0) is 16.7. The molecule has 1 aromatic carbocycles. The highest BCUT2D eigenvalue weighted by Crippen LogP contribution is 2.14. The number of aromatic carboxylic acids is 2. The molecule has 0 aliphatic heterocycles. The second kappa shape index (κ2) is 8.08. The van der Waals surface area contributed by atoms with E-state index >= 15 is 0 Å². The van der Waals surface area contributed by atoms with Gasteiger partial charge in [-0.15, -0.1) is 0 Å². The molecule has 0 fully saturated rings. The number of nitrogens with zero attached hydrogens (tertiary/aromatic N) is 1. The molecule has 0 unspecified atom stereocenters.